The minimum atomic E-state index is 0.329. The van der Waals surface area contributed by atoms with Gasteiger partial charge in [0.2, 0.25) is 0 Å². The molecule has 0 aliphatic carbocycles. The maximum absolute atomic E-state index is 4.28. The molecule has 0 aromatic carbocycles. The fourth-order valence-electron chi connectivity index (χ4n) is 0.984. The number of nitrogens with zero attached hydrogens (tertiary/aromatic N) is 1. The van der Waals surface area contributed by atoms with E-state index in [1.807, 2.05) is 30.2 Å². The number of rotatable bonds is 1. The number of hydrogen-bond acceptors (Lipinski definition) is 2. The maximum Gasteiger partial charge on any atom is 0.135 e. The molecule has 2 heterocycles. The van der Waals surface area contributed by atoms with E-state index in [0.29, 0.717) is 5.37 Å². The Labute approximate surface area is 63.7 Å². The van der Waals surface area contributed by atoms with Crippen molar-refractivity contribution in [1.82, 2.24) is 4.98 Å². The number of aromatic nitrogens is 1. The summed E-state index contributed by atoms with van der Waals surface area (Å²) in [5.41, 5.74) is 1.21. The molecule has 0 bridgehead atoms. The van der Waals surface area contributed by atoms with Gasteiger partial charge in [0.1, 0.15) is 5.37 Å². The van der Waals surface area contributed by atoms with Crippen LogP contribution in [-0.4, -0.2) is 17.0 Å². The molecular formula is C7H8N2S. The Morgan fingerprint density at radius 1 is 1.70 bits per heavy atom. The summed E-state index contributed by atoms with van der Waals surface area (Å²) in [4.78, 5) is 7.43. The summed E-state index contributed by atoms with van der Waals surface area (Å²) in [6.45, 7) is 0. The molecule has 1 aromatic heterocycles. The molecule has 52 valence electrons. The monoisotopic (exact) mass is 152 g/mol. The molecule has 1 aliphatic heterocycles. The average molecular weight is 152 g/mol. The molecule has 10 heavy (non-hydrogen) atoms. The first-order chi connectivity index (χ1) is 4.97. The lowest BCUT2D eigenvalue weighted by atomic mass is 10.4. The van der Waals surface area contributed by atoms with Gasteiger partial charge in [0, 0.05) is 18.2 Å². The van der Waals surface area contributed by atoms with Gasteiger partial charge in [-0.2, -0.15) is 0 Å². The van der Waals surface area contributed by atoms with Gasteiger partial charge in [0.15, 0.2) is 0 Å². The highest BCUT2D eigenvalue weighted by Gasteiger charge is 2.12. The topological polar surface area (TPSA) is 28.1 Å². The largest absolute Gasteiger partial charge is 0.363 e. The Hall–Kier alpha value is -0.700. The number of aliphatic imine (C=N–C) groups is 1. The van der Waals surface area contributed by atoms with Crippen LogP contribution in [0.1, 0.15) is 11.1 Å². The minimum Gasteiger partial charge on any atom is -0.363 e. The second kappa shape index (κ2) is 2.50. The lowest BCUT2D eigenvalue weighted by Crippen LogP contribution is -1.84. The highest BCUT2D eigenvalue weighted by atomic mass is 32.2. The highest BCUT2D eigenvalue weighted by Crippen LogP contribution is 2.31. The lowest BCUT2D eigenvalue weighted by molar-refractivity contribution is 0.999. The van der Waals surface area contributed by atoms with Crippen molar-refractivity contribution in [2.45, 2.75) is 5.37 Å². The molecular weight excluding hydrogens is 144 g/mol. The Morgan fingerprint density at radius 3 is 3.30 bits per heavy atom. The molecule has 0 spiro atoms. The molecule has 0 radical (unpaired) electrons. The Kier molecular flexibility index (Phi) is 1.51. The average Bonchev–Trinajstić information content (AvgIpc) is 2.59. The standard InChI is InChI=1S/C7H8N2S/c1-2-6(8-3-1)7-9-4-5-10-7/h1-4,7-8H,5H2. The third-order valence-corrected chi connectivity index (χ3v) is 2.49. The summed E-state index contributed by atoms with van der Waals surface area (Å²) >= 11 is 1.85. The lowest BCUT2D eigenvalue weighted by Gasteiger charge is -2.00. The van der Waals surface area contributed by atoms with Crippen molar-refractivity contribution in [1.29, 1.82) is 0 Å². The number of nitrogens with one attached hydrogen (secondary N) is 1. The van der Waals surface area contributed by atoms with Crippen molar-refractivity contribution in [2.75, 3.05) is 5.75 Å². The van der Waals surface area contributed by atoms with Crippen LogP contribution in [0.25, 0.3) is 0 Å². The quantitative estimate of drug-likeness (QED) is 0.653. The van der Waals surface area contributed by atoms with Gasteiger partial charge in [-0.05, 0) is 12.1 Å². The van der Waals surface area contributed by atoms with E-state index in [-0.39, 0.29) is 0 Å². The van der Waals surface area contributed by atoms with Gasteiger partial charge >= 0.3 is 0 Å². The first kappa shape index (κ1) is 6.04. The van der Waals surface area contributed by atoms with E-state index in [0.717, 1.165) is 5.75 Å². The molecule has 0 saturated carbocycles. The first-order valence-electron chi connectivity index (χ1n) is 3.23. The van der Waals surface area contributed by atoms with E-state index < -0.39 is 0 Å². The van der Waals surface area contributed by atoms with Gasteiger partial charge in [-0.15, -0.1) is 11.8 Å². The number of hydrogen-bond donors (Lipinski definition) is 1. The van der Waals surface area contributed by atoms with E-state index in [9.17, 15) is 0 Å². The van der Waals surface area contributed by atoms with Crippen molar-refractivity contribution in [2.24, 2.45) is 4.99 Å². The van der Waals surface area contributed by atoms with Crippen molar-refractivity contribution in [3.63, 3.8) is 0 Å². The predicted octanol–water partition coefficient (Wildman–Crippen LogP) is 1.83. The van der Waals surface area contributed by atoms with E-state index in [1.165, 1.54) is 5.69 Å². The van der Waals surface area contributed by atoms with Crippen molar-refractivity contribution in [3.05, 3.63) is 24.0 Å². The maximum atomic E-state index is 4.28. The van der Waals surface area contributed by atoms with E-state index in [2.05, 4.69) is 16.0 Å². The Morgan fingerprint density at radius 2 is 2.70 bits per heavy atom. The van der Waals surface area contributed by atoms with Crippen LogP contribution in [0.4, 0.5) is 0 Å². The molecule has 1 N–H and O–H groups in total. The second-order valence-electron chi connectivity index (χ2n) is 2.14. The molecule has 1 unspecified atom stereocenters. The van der Waals surface area contributed by atoms with Crippen LogP contribution in [0.15, 0.2) is 23.3 Å². The normalized spacial score (nSPS) is 23.8. The van der Waals surface area contributed by atoms with Crippen LogP contribution in [-0.2, 0) is 0 Å². The fraction of sp³-hybridized carbons (Fsp3) is 0.286. The van der Waals surface area contributed by atoms with Gasteiger partial charge in [-0.25, -0.2) is 0 Å². The highest BCUT2D eigenvalue weighted by molar-refractivity contribution is 8.00. The predicted molar refractivity (Wildman–Crippen MR) is 44.5 cm³/mol. The van der Waals surface area contributed by atoms with Crippen LogP contribution < -0.4 is 0 Å². The van der Waals surface area contributed by atoms with Gasteiger partial charge in [0.05, 0.1) is 5.69 Å². The summed E-state index contributed by atoms with van der Waals surface area (Å²) in [6, 6.07) is 4.07. The second-order valence-corrected chi connectivity index (χ2v) is 3.26. The fourth-order valence-corrected chi connectivity index (χ4v) is 1.84. The molecule has 1 atom stereocenters. The summed E-state index contributed by atoms with van der Waals surface area (Å²) in [5.74, 6) is 1.05. The number of aromatic amines is 1. The molecule has 3 heteroatoms. The van der Waals surface area contributed by atoms with E-state index >= 15 is 0 Å². The van der Waals surface area contributed by atoms with Crippen molar-refractivity contribution in [3.8, 4) is 0 Å². The molecule has 0 fully saturated rings. The van der Waals surface area contributed by atoms with E-state index in [1.54, 1.807) is 0 Å². The van der Waals surface area contributed by atoms with Crippen molar-refractivity contribution < 1.29 is 0 Å². The molecule has 2 rings (SSSR count). The first-order valence-corrected chi connectivity index (χ1v) is 4.28. The third kappa shape index (κ3) is 0.968. The Bertz CT molecular complexity index is 228. The smallest absolute Gasteiger partial charge is 0.135 e. The van der Waals surface area contributed by atoms with Crippen LogP contribution in [0.3, 0.4) is 0 Å². The zero-order valence-electron chi connectivity index (χ0n) is 5.45. The minimum absolute atomic E-state index is 0.329. The van der Waals surface area contributed by atoms with Crippen molar-refractivity contribution >= 4 is 18.0 Å². The van der Waals surface area contributed by atoms with Crippen LogP contribution in [0.5, 0.6) is 0 Å². The summed E-state index contributed by atoms with van der Waals surface area (Å²) in [6.07, 6.45) is 3.90. The number of thioether (sulfide) groups is 1. The summed E-state index contributed by atoms with van der Waals surface area (Å²) in [5, 5.41) is 0.329. The van der Waals surface area contributed by atoms with Gasteiger partial charge in [0.25, 0.3) is 0 Å². The molecule has 1 aromatic rings. The summed E-state index contributed by atoms with van der Waals surface area (Å²) in [7, 11) is 0. The van der Waals surface area contributed by atoms with Crippen LogP contribution >= 0.6 is 11.8 Å². The molecule has 2 nitrogen and oxygen atoms in total. The van der Waals surface area contributed by atoms with Gasteiger partial charge in [-0.3, -0.25) is 4.99 Å². The Balaban J connectivity index is 2.20. The molecule has 1 aliphatic rings. The number of H-pyrrole nitrogens is 1. The SMILES string of the molecule is C1=NC(c2ccc[nH]2)SC1. The zero-order valence-corrected chi connectivity index (χ0v) is 6.27. The molecule has 0 saturated heterocycles. The van der Waals surface area contributed by atoms with E-state index in [4.69, 9.17) is 0 Å². The van der Waals surface area contributed by atoms with Crippen LogP contribution in [0.2, 0.25) is 0 Å². The molecule has 0 amide bonds. The summed E-state index contributed by atoms with van der Waals surface area (Å²) < 4.78 is 0. The van der Waals surface area contributed by atoms with Gasteiger partial charge in [-0.1, -0.05) is 0 Å². The van der Waals surface area contributed by atoms with Crippen LogP contribution in [0, 0.1) is 0 Å². The third-order valence-electron chi connectivity index (χ3n) is 1.46. The van der Waals surface area contributed by atoms with Gasteiger partial charge < -0.3 is 4.98 Å². The zero-order chi connectivity index (χ0) is 6.81.